The minimum absolute atomic E-state index is 0.150. The van der Waals surface area contributed by atoms with Gasteiger partial charge in [0.05, 0.1) is 7.11 Å². The molecule has 1 amide bonds. The predicted molar refractivity (Wildman–Crippen MR) is 54.6 cm³/mol. The van der Waals surface area contributed by atoms with E-state index in [1.54, 1.807) is 5.32 Å². The van der Waals surface area contributed by atoms with Crippen LogP contribution in [-0.2, 0) is 4.79 Å². The zero-order chi connectivity index (χ0) is 13.9. The summed E-state index contributed by atoms with van der Waals surface area (Å²) in [5.74, 6) is -3.59. The summed E-state index contributed by atoms with van der Waals surface area (Å²) in [4.78, 5) is 21.4. The second-order valence-corrected chi connectivity index (χ2v) is 3.17. The summed E-state index contributed by atoms with van der Waals surface area (Å²) in [7, 11) is 1.16. The summed E-state index contributed by atoms with van der Waals surface area (Å²) in [6, 6.07) is 3.07. The van der Waals surface area contributed by atoms with E-state index in [0.29, 0.717) is 0 Å². The molecule has 8 heteroatoms. The monoisotopic (exact) mass is 263 g/mol. The zero-order valence-corrected chi connectivity index (χ0v) is 9.04. The number of anilines is 1. The number of hydrogen-bond donors (Lipinski definition) is 2. The van der Waals surface area contributed by atoms with E-state index in [1.807, 2.05) is 0 Å². The fourth-order valence-corrected chi connectivity index (χ4v) is 1.15. The Morgan fingerprint density at radius 1 is 1.33 bits per heavy atom. The van der Waals surface area contributed by atoms with Crippen LogP contribution in [-0.4, -0.2) is 30.3 Å². The molecule has 0 atom stereocenters. The maximum Gasteiger partial charge on any atom is 0.471 e. The Balaban J connectivity index is 3.00. The first-order valence-corrected chi connectivity index (χ1v) is 4.55. The first-order valence-electron chi connectivity index (χ1n) is 4.55. The molecule has 0 fully saturated rings. The van der Waals surface area contributed by atoms with Gasteiger partial charge in [-0.3, -0.25) is 4.79 Å². The van der Waals surface area contributed by atoms with E-state index >= 15 is 0 Å². The van der Waals surface area contributed by atoms with Crippen LogP contribution in [0.2, 0.25) is 0 Å². The molecule has 0 aromatic heterocycles. The van der Waals surface area contributed by atoms with Gasteiger partial charge in [-0.05, 0) is 12.1 Å². The van der Waals surface area contributed by atoms with Gasteiger partial charge in [-0.25, -0.2) is 4.79 Å². The molecule has 0 aliphatic heterocycles. The number of rotatable bonds is 3. The second-order valence-electron chi connectivity index (χ2n) is 3.17. The van der Waals surface area contributed by atoms with E-state index in [9.17, 15) is 22.8 Å². The highest BCUT2D eigenvalue weighted by atomic mass is 19.4. The average Bonchev–Trinajstić information content (AvgIpc) is 2.27. The summed E-state index contributed by atoms with van der Waals surface area (Å²) in [5, 5.41) is 10.3. The minimum Gasteiger partial charge on any atom is -0.496 e. The van der Waals surface area contributed by atoms with Gasteiger partial charge in [0, 0.05) is 11.8 Å². The number of halogens is 3. The molecule has 0 heterocycles. The third-order valence-electron chi connectivity index (χ3n) is 1.95. The summed E-state index contributed by atoms with van der Waals surface area (Å²) >= 11 is 0. The number of benzene rings is 1. The van der Waals surface area contributed by atoms with Gasteiger partial charge < -0.3 is 15.2 Å². The van der Waals surface area contributed by atoms with Crippen molar-refractivity contribution < 1.29 is 32.6 Å². The quantitative estimate of drug-likeness (QED) is 0.873. The lowest BCUT2D eigenvalue weighted by molar-refractivity contribution is -0.167. The standard InChI is InChI=1S/C10H8F3NO4/c1-18-7-4-5(2-3-6(7)8(15)16)14-9(17)10(11,12)13/h2-4H,1H3,(H,14,17)(H,15,16). The van der Waals surface area contributed by atoms with E-state index in [1.165, 1.54) is 0 Å². The molecule has 0 aliphatic carbocycles. The molecule has 0 bridgehead atoms. The highest BCUT2D eigenvalue weighted by molar-refractivity contribution is 5.96. The summed E-state index contributed by atoms with van der Waals surface area (Å²) in [6.45, 7) is 0. The van der Waals surface area contributed by atoms with Crippen molar-refractivity contribution in [3.63, 3.8) is 0 Å². The Morgan fingerprint density at radius 3 is 2.39 bits per heavy atom. The van der Waals surface area contributed by atoms with E-state index in [2.05, 4.69) is 0 Å². The highest BCUT2D eigenvalue weighted by Crippen LogP contribution is 2.25. The SMILES string of the molecule is COc1cc(NC(=O)C(F)(F)F)ccc1C(=O)O. The molecule has 0 unspecified atom stereocenters. The molecule has 1 aromatic rings. The van der Waals surface area contributed by atoms with Crippen molar-refractivity contribution in [3.8, 4) is 5.75 Å². The number of carbonyl (C=O) groups excluding carboxylic acids is 1. The van der Waals surface area contributed by atoms with Gasteiger partial charge in [0.15, 0.2) is 0 Å². The van der Waals surface area contributed by atoms with Gasteiger partial charge in [0.25, 0.3) is 0 Å². The van der Waals surface area contributed by atoms with Crippen molar-refractivity contribution in [2.24, 2.45) is 0 Å². The van der Waals surface area contributed by atoms with Gasteiger partial charge in [-0.2, -0.15) is 13.2 Å². The maximum absolute atomic E-state index is 12.0. The average molecular weight is 263 g/mol. The minimum atomic E-state index is -5.02. The van der Waals surface area contributed by atoms with Crippen LogP contribution in [0.15, 0.2) is 18.2 Å². The molecule has 0 aliphatic rings. The molecule has 0 saturated carbocycles. The molecular formula is C10H8F3NO4. The Labute approximate surface area is 99.2 Å². The number of carbonyl (C=O) groups is 2. The first kappa shape index (κ1) is 13.8. The Bertz CT molecular complexity index is 485. The van der Waals surface area contributed by atoms with Gasteiger partial charge in [-0.1, -0.05) is 0 Å². The summed E-state index contributed by atoms with van der Waals surface area (Å²) in [6.07, 6.45) is -5.02. The number of ether oxygens (including phenoxy) is 1. The Morgan fingerprint density at radius 2 is 1.94 bits per heavy atom. The number of amides is 1. The molecule has 98 valence electrons. The van der Waals surface area contributed by atoms with Crippen LogP contribution in [0.25, 0.3) is 0 Å². The predicted octanol–water partition coefficient (Wildman–Crippen LogP) is 1.89. The Hall–Kier alpha value is -2.25. The van der Waals surface area contributed by atoms with Crippen LogP contribution >= 0.6 is 0 Å². The number of aromatic carboxylic acids is 1. The summed E-state index contributed by atoms with van der Waals surface area (Å²) in [5.41, 5.74) is -0.429. The van der Waals surface area contributed by atoms with E-state index in [-0.39, 0.29) is 17.0 Å². The number of carboxylic acid groups (broad SMARTS) is 1. The topological polar surface area (TPSA) is 75.6 Å². The van der Waals surface area contributed by atoms with Crippen molar-refractivity contribution in [1.29, 1.82) is 0 Å². The number of carboxylic acids is 1. The Kier molecular flexibility index (Phi) is 3.79. The van der Waals surface area contributed by atoms with E-state index < -0.39 is 18.1 Å². The molecule has 0 spiro atoms. The molecule has 18 heavy (non-hydrogen) atoms. The number of hydrogen-bond acceptors (Lipinski definition) is 3. The molecule has 1 aromatic carbocycles. The van der Waals surface area contributed by atoms with Gasteiger partial charge in [0.2, 0.25) is 0 Å². The molecule has 1 rings (SSSR count). The smallest absolute Gasteiger partial charge is 0.471 e. The normalized spacial score (nSPS) is 10.9. The van der Waals surface area contributed by atoms with Crippen LogP contribution < -0.4 is 10.1 Å². The van der Waals surface area contributed by atoms with Crippen LogP contribution in [0.4, 0.5) is 18.9 Å². The first-order chi connectivity index (χ1) is 8.25. The van der Waals surface area contributed by atoms with Crippen LogP contribution in [0.1, 0.15) is 10.4 Å². The van der Waals surface area contributed by atoms with Crippen molar-refractivity contribution in [3.05, 3.63) is 23.8 Å². The lowest BCUT2D eigenvalue weighted by Gasteiger charge is -2.10. The molecule has 0 saturated heterocycles. The molecule has 2 N–H and O–H groups in total. The van der Waals surface area contributed by atoms with Crippen LogP contribution in [0.3, 0.4) is 0 Å². The van der Waals surface area contributed by atoms with Crippen molar-refractivity contribution >= 4 is 17.6 Å². The van der Waals surface area contributed by atoms with E-state index in [0.717, 1.165) is 25.3 Å². The third-order valence-corrected chi connectivity index (χ3v) is 1.95. The highest BCUT2D eigenvalue weighted by Gasteiger charge is 2.38. The van der Waals surface area contributed by atoms with E-state index in [4.69, 9.17) is 9.84 Å². The van der Waals surface area contributed by atoms with Crippen molar-refractivity contribution in [1.82, 2.24) is 0 Å². The fourth-order valence-electron chi connectivity index (χ4n) is 1.15. The maximum atomic E-state index is 12.0. The molecule has 0 radical (unpaired) electrons. The van der Waals surface area contributed by atoms with Crippen LogP contribution in [0, 0.1) is 0 Å². The largest absolute Gasteiger partial charge is 0.496 e. The number of methoxy groups -OCH3 is 1. The van der Waals surface area contributed by atoms with Crippen molar-refractivity contribution in [2.75, 3.05) is 12.4 Å². The molecule has 5 nitrogen and oxygen atoms in total. The van der Waals surface area contributed by atoms with Gasteiger partial charge in [0.1, 0.15) is 11.3 Å². The lowest BCUT2D eigenvalue weighted by atomic mass is 10.2. The fraction of sp³-hybridized carbons (Fsp3) is 0.200. The lowest BCUT2D eigenvalue weighted by Crippen LogP contribution is -2.29. The third kappa shape index (κ3) is 3.12. The summed E-state index contributed by atoms with van der Waals surface area (Å²) < 4.78 is 40.7. The van der Waals surface area contributed by atoms with Gasteiger partial charge in [-0.15, -0.1) is 0 Å². The van der Waals surface area contributed by atoms with Crippen LogP contribution in [0.5, 0.6) is 5.75 Å². The van der Waals surface area contributed by atoms with Gasteiger partial charge >= 0.3 is 18.1 Å². The number of nitrogens with one attached hydrogen (secondary N) is 1. The number of alkyl halides is 3. The molecular weight excluding hydrogens is 255 g/mol. The second kappa shape index (κ2) is 4.94. The van der Waals surface area contributed by atoms with Crippen molar-refractivity contribution in [2.45, 2.75) is 6.18 Å². The zero-order valence-electron chi connectivity index (χ0n) is 9.04.